The van der Waals surface area contributed by atoms with Gasteiger partial charge in [0.1, 0.15) is 12.1 Å². The van der Waals surface area contributed by atoms with Crippen molar-refractivity contribution in [3.63, 3.8) is 0 Å². The molecule has 2 aromatic carbocycles. The SMILES string of the molecule is COc1ccc(-n2cnnc2SCC(=O)NC(C)c2cccc(C(F)(F)F)c2)cc1. The van der Waals surface area contributed by atoms with Gasteiger partial charge in [-0.05, 0) is 48.9 Å². The Labute approximate surface area is 175 Å². The van der Waals surface area contributed by atoms with E-state index in [1.165, 1.54) is 24.2 Å². The van der Waals surface area contributed by atoms with E-state index in [1.807, 2.05) is 12.1 Å². The lowest BCUT2D eigenvalue weighted by atomic mass is 10.0. The Kier molecular flexibility index (Phi) is 6.66. The van der Waals surface area contributed by atoms with Gasteiger partial charge in [0.05, 0.1) is 24.5 Å². The van der Waals surface area contributed by atoms with Gasteiger partial charge in [0.2, 0.25) is 5.91 Å². The summed E-state index contributed by atoms with van der Waals surface area (Å²) >= 11 is 1.18. The number of ether oxygens (including phenoxy) is 1. The molecule has 158 valence electrons. The van der Waals surface area contributed by atoms with Crippen molar-refractivity contribution in [2.45, 2.75) is 24.3 Å². The van der Waals surface area contributed by atoms with Gasteiger partial charge in [-0.1, -0.05) is 23.9 Å². The third-order valence-electron chi connectivity index (χ3n) is 4.29. The normalized spacial score (nSPS) is 12.4. The van der Waals surface area contributed by atoms with Gasteiger partial charge >= 0.3 is 6.18 Å². The zero-order valence-electron chi connectivity index (χ0n) is 16.2. The van der Waals surface area contributed by atoms with E-state index in [9.17, 15) is 18.0 Å². The lowest BCUT2D eigenvalue weighted by Crippen LogP contribution is -2.28. The van der Waals surface area contributed by atoms with Crippen LogP contribution < -0.4 is 10.1 Å². The highest BCUT2D eigenvalue weighted by Crippen LogP contribution is 2.30. The van der Waals surface area contributed by atoms with Crippen molar-refractivity contribution in [2.24, 2.45) is 0 Å². The van der Waals surface area contributed by atoms with Crippen LogP contribution in [0.4, 0.5) is 13.2 Å². The van der Waals surface area contributed by atoms with E-state index in [-0.39, 0.29) is 11.7 Å². The highest BCUT2D eigenvalue weighted by molar-refractivity contribution is 7.99. The highest BCUT2D eigenvalue weighted by atomic mass is 32.2. The van der Waals surface area contributed by atoms with E-state index in [0.717, 1.165) is 17.8 Å². The monoisotopic (exact) mass is 436 g/mol. The lowest BCUT2D eigenvalue weighted by Gasteiger charge is -2.16. The molecule has 6 nitrogen and oxygen atoms in total. The third kappa shape index (κ3) is 5.32. The van der Waals surface area contributed by atoms with Crippen molar-refractivity contribution < 1.29 is 22.7 Å². The number of nitrogens with zero attached hydrogens (tertiary/aromatic N) is 3. The van der Waals surface area contributed by atoms with Gasteiger partial charge in [-0.15, -0.1) is 10.2 Å². The number of halogens is 3. The first-order chi connectivity index (χ1) is 14.3. The Morgan fingerprint density at radius 1 is 1.23 bits per heavy atom. The summed E-state index contributed by atoms with van der Waals surface area (Å²) in [6, 6.07) is 11.6. The minimum atomic E-state index is -4.43. The van der Waals surface area contributed by atoms with Crippen molar-refractivity contribution in [3.05, 3.63) is 66.0 Å². The average molecular weight is 436 g/mol. The molecule has 1 unspecified atom stereocenters. The molecule has 1 amide bonds. The van der Waals surface area contributed by atoms with E-state index in [4.69, 9.17) is 4.74 Å². The van der Waals surface area contributed by atoms with Crippen molar-refractivity contribution in [1.29, 1.82) is 0 Å². The molecule has 0 saturated carbocycles. The van der Waals surface area contributed by atoms with Crippen molar-refractivity contribution in [2.75, 3.05) is 12.9 Å². The number of thioether (sulfide) groups is 1. The molecular weight excluding hydrogens is 417 g/mol. The Hall–Kier alpha value is -3.01. The summed E-state index contributed by atoms with van der Waals surface area (Å²) in [5, 5.41) is 11.1. The largest absolute Gasteiger partial charge is 0.497 e. The van der Waals surface area contributed by atoms with E-state index in [2.05, 4.69) is 15.5 Å². The fourth-order valence-electron chi connectivity index (χ4n) is 2.72. The highest BCUT2D eigenvalue weighted by Gasteiger charge is 2.30. The van der Waals surface area contributed by atoms with Gasteiger partial charge < -0.3 is 10.1 Å². The quantitative estimate of drug-likeness (QED) is 0.561. The zero-order chi connectivity index (χ0) is 21.7. The standard InChI is InChI=1S/C20H19F3N4O2S/c1-13(14-4-3-5-15(10-14)20(21,22)23)25-18(28)11-30-19-26-24-12-27(19)16-6-8-17(29-2)9-7-16/h3-10,12-13H,11H2,1-2H3,(H,25,28). The predicted molar refractivity (Wildman–Crippen MR) is 107 cm³/mol. The topological polar surface area (TPSA) is 69.0 Å². The summed E-state index contributed by atoms with van der Waals surface area (Å²) in [6.07, 6.45) is -2.89. The van der Waals surface area contributed by atoms with Gasteiger partial charge in [-0.3, -0.25) is 9.36 Å². The molecule has 0 radical (unpaired) electrons. The zero-order valence-corrected chi connectivity index (χ0v) is 17.0. The van der Waals surface area contributed by atoms with E-state index >= 15 is 0 Å². The summed E-state index contributed by atoms with van der Waals surface area (Å²) in [7, 11) is 1.58. The molecule has 0 saturated heterocycles. The van der Waals surface area contributed by atoms with Gasteiger partial charge in [-0.2, -0.15) is 13.2 Å². The minimum Gasteiger partial charge on any atom is -0.497 e. The second-order valence-electron chi connectivity index (χ2n) is 6.38. The van der Waals surface area contributed by atoms with E-state index in [0.29, 0.717) is 16.5 Å². The van der Waals surface area contributed by atoms with Crippen LogP contribution in [0.1, 0.15) is 24.1 Å². The van der Waals surface area contributed by atoms with Crippen LogP contribution >= 0.6 is 11.8 Å². The van der Waals surface area contributed by atoms with Gasteiger partial charge in [0, 0.05) is 5.69 Å². The molecule has 3 aromatic rings. The Bertz CT molecular complexity index is 1010. The smallest absolute Gasteiger partial charge is 0.416 e. The maximum Gasteiger partial charge on any atom is 0.416 e. The number of methoxy groups -OCH3 is 1. The van der Waals surface area contributed by atoms with Crippen LogP contribution in [0.15, 0.2) is 60.0 Å². The number of alkyl halides is 3. The second-order valence-corrected chi connectivity index (χ2v) is 7.33. The van der Waals surface area contributed by atoms with Crippen molar-refractivity contribution >= 4 is 17.7 Å². The number of benzene rings is 2. The number of nitrogens with one attached hydrogen (secondary N) is 1. The van der Waals surface area contributed by atoms with Crippen molar-refractivity contribution in [3.8, 4) is 11.4 Å². The fraction of sp³-hybridized carbons (Fsp3) is 0.250. The van der Waals surface area contributed by atoms with Gasteiger partial charge in [0.25, 0.3) is 0 Å². The van der Waals surface area contributed by atoms with Gasteiger partial charge in [-0.25, -0.2) is 0 Å². The van der Waals surface area contributed by atoms with Gasteiger partial charge in [0.15, 0.2) is 5.16 Å². The summed E-state index contributed by atoms with van der Waals surface area (Å²) in [4.78, 5) is 12.3. The molecule has 0 aliphatic heterocycles. The molecule has 0 fully saturated rings. The minimum absolute atomic E-state index is 0.0398. The number of hydrogen-bond donors (Lipinski definition) is 1. The number of hydrogen-bond acceptors (Lipinski definition) is 5. The summed E-state index contributed by atoms with van der Waals surface area (Å²) in [5.41, 5.74) is 0.439. The molecule has 1 heterocycles. The molecule has 1 N–H and O–H groups in total. The Morgan fingerprint density at radius 3 is 2.63 bits per heavy atom. The first-order valence-corrected chi connectivity index (χ1v) is 9.90. The fourth-order valence-corrected chi connectivity index (χ4v) is 3.46. The first-order valence-electron chi connectivity index (χ1n) is 8.91. The Balaban J connectivity index is 1.61. The van der Waals surface area contributed by atoms with Crippen LogP contribution in [0, 0.1) is 0 Å². The van der Waals surface area contributed by atoms with Crippen LogP contribution in [0.25, 0.3) is 5.69 Å². The number of amides is 1. The molecule has 0 aliphatic rings. The maximum atomic E-state index is 12.9. The van der Waals surface area contributed by atoms with Crippen LogP contribution in [-0.4, -0.2) is 33.5 Å². The summed E-state index contributed by atoms with van der Waals surface area (Å²) in [5.74, 6) is 0.427. The van der Waals surface area contributed by atoms with Crippen LogP contribution in [0.2, 0.25) is 0 Å². The van der Waals surface area contributed by atoms with E-state index < -0.39 is 17.8 Å². The average Bonchev–Trinajstić information content (AvgIpc) is 3.20. The molecule has 1 aromatic heterocycles. The Morgan fingerprint density at radius 2 is 1.97 bits per heavy atom. The molecular formula is C20H19F3N4O2S. The lowest BCUT2D eigenvalue weighted by molar-refractivity contribution is -0.137. The van der Waals surface area contributed by atoms with Crippen LogP contribution in [0.5, 0.6) is 5.75 Å². The molecule has 30 heavy (non-hydrogen) atoms. The van der Waals surface area contributed by atoms with Crippen LogP contribution in [-0.2, 0) is 11.0 Å². The summed E-state index contributed by atoms with van der Waals surface area (Å²) < 4.78 is 45.5. The number of rotatable bonds is 7. The molecule has 0 spiro atoms. The molecule has 3 rings (SSSR count). The number of carbonyl (C=O) groups is 1. The molecule has 0 aliphatic carbocycles. The molecule has 10 heteroatoms. The maximum absolute atomic E-state index is 12.9. The molecule has 0 bridgehead atoms. The predicted octanol–water partition coefficient (Wildman–Crippen LogP) is 4.26. The second kappa shape index (κ2) is 9.21. The summed E-state index contributed by atoms with van der Waals surface area (Å²) in [6.45, 7) is 1.64. The van der Waals surface area contributed by atoms with Crippen LogP contribution in [0.3, 0.4) is 0 Å². The first kappa shape index (κ1) is 21.7. The third-order valence-corrected chi connectivity index (χ3v) is 5.23. The number of aromatic nitrogens is 3. The molecule has 1 atom stereocenters. The number of carbonyl (C=O) groups excluding carboxylic acids is 1. The van der Waals surface area contributed by atoms with E-state index in [1.54, 1.807) is 36.8 Å². The van der Waals surface area contributed by atoms with Crippen molar-refractivity contribution in [1.82, 2.24) is 20.1 Å².